The molecule has 0 bridgehead atoms. The molecule has 5 aliphatic carbocycles. The molecule has 4 saturated carbocycles. The molecule has 1 amide bonds. The summed E-state index contributed by atoms with van der Waals surface area (Å²) in [5, 5.41) is 15.1. The SMILES string of the molecule is CC(C)C1=C2C3CCC4[C@@]5(C)CC[C@H](O)C(C)(C)C5CC[C@@]4(C)[C@]3(C)CC[C@@]2(C(=O)Nc2ncc3ccccc3n2)CC1=O. The fourth-order valence-electron chi connectivity index (χ4n) is 12.1. The second-order valence-corrected chi connectivity index (χ2v) is 16.9. The van der Waals surface area contributed by atoms with Crippen molar-refractivity contribution < 1.29 is 14.7 Å². The number of amides is 1. The van der Waals surface area contributed by atoms with Crippen LogP contribution >= 0.6 is 0 Å². The smallest absolute Gasteiger partial charge is 0.237 e. The Kier molecular flexibility index (Phi) is 6.63. The first-order chi connectivity index (χ1) is 20.7. The summed E-state index contributed by atoms with van der Waals surface area (Å²) in [6, 6.07) is 7.79. The number of para-hydroxylation sites is 1. The monoisotopic (exact) mass is 597 g/mol. The first kappa shape index (κ1) is 30.1. The Morgan fingerprint density at radius 2 is 1.68 bits per heavy atom. The average Bonchev–Trinajstić information content (AvgIpc) is 3.29. The second-order valence-electron chi connectivity index (χ2n) is 16.9. The largest absolute Gasteiger partial charge is 0.393 e. The predicted molar refractivity (Wildman–Crippen MR) is 174 cm³/mol. The van der Waals surface area contributed by atoms with E-state index in [4.69, 9.17) is 0 Å². The Balaban J connectivity index is 1.28. The number of aromatic nitrogens is 2. The molecule has 0 radical (unpaired) electrons. The van der Waals surface area contributed by atoms with Gasteiger partial charge in [0.1, 0.15) is 0 Å². The van der Waals surface area contributed by atoms with Crippen LogP contribution in [0.15, 0.2) is 41.6 Å². The second kappa shape index (κ2) is 9.70. The molecule has 44 heavy (non-hydrogen) atoms. The number of aliphatic hydroxyl groups excluding tert-OH is 1. The van der Waals surface area contributed by atoms with Gasteiger partial charge in [0.05, 0.1) is 17.0 Å². The fourth-order valence-corrected chi connectivity index (χ4v) is 12.1. The number of fused-ring (bicyclic) bond motifs is 8. The molecule has 2 N–H and O–H groups in total. The molecular formula is C38H51N3O3. The molecule has 1 aromatic heterocycles. The molecule has 1 heterocycles. The van der Waals surface area contributed by atoms with Crippen molar-refractivity contribution in [3.8, 4) is 0 Å². The van der Waals surface area contributed by atoms with Crippen LogP contribution in [0.5, 0.6) is 0 Å². The summed E-state index contributed by atoms with van der Waals surface area (Å²) < 4.78 is 0. The molecule has 6 nitrogen and oxygen atoms in total. The van der Waals surface area contributed by atoms with Gasteiger partial charge in [-0.25, -0.2) is 9.97 Å². The molecule has 8 atom stereocenters. The van der Waals surface area contributed by atoms with E-state index in [1.165, 1.54) is 0 Å². The van der Waals surface area contributed by atoms with Crippen LogP contribution in [0.3, 0.4) is 0 Å². The lowest BCUT2D eigenvalue weighted by Crippen LogP contribution is -2.66. The van der Waals surface area contributed by atoms with Crippen molar-refractivity contribution in [2.24, 2.45) is 50.7 Å². The lowest BCUT2D eigenvalue weighted by Gasteiger charge is -2.72. The highest BCUT2D eigenvalue weighted by Crippen LogP contribution is 2.76. The predicted octanol–water partition coefficient (Wildman–Crippen LogP) is 7.91. The van der Waals surface area contributed by atoms with E-state index in [9.17, 15) is 14.7 Å². The number of aliphatic hydroxyl groups is 1. The van der Waals surface area contributed by atoms with Crippen molar-refractivity contribution in [2.45, 2.75) is 112 Å². The van der Waals surface area contributed by atoms with Gasteiger partial charge in [0, 0.05) is 18.0 Å². The van der Waals surface area contributed by atoms with Crippen molar-refractivity contribution in [3.05, 3.63) is 41.6 Å². The number of anilines is 1. The molecular weight excluding hydrogens is 546 g/mol. The summed E-state index contributed by atoms with van der Waals surface area (Å²) in [7, 11) is 0. The molecule has 236 valence electrons. The quantitative estimate of drug-likeness (QED) is 0.375. The van der Waals surface area contributed by atoms with Gasteiger partial charge in [-0.3, -0.25) is 14.9 Å². The highest BCUT2D eigenvalue weighted by Gasteiger charge is 2.70. The lowest BCUT2D eigenvalue weighted by atomic mass is 9.33. The number of hydrogen-bond acceptors (Lipinski definition) is 5. The number of ketones is 1. The average molecular weight is 598 g/mol. The number of rotatable bonds is 3. The van der Waals surface area contributed by atoms with Crippen LogP contribution in [0, 0.1) is 50.7 Å². The minimum Gasteiger partial charge on any atom is -0.393 e. The lowest BCUT2D eigenvalue weighted by molar-refractivity contribution is -0.228. The third-order valence-electron chi connectivity index (χ3n) is 14.6. The molecule has 5 aliphatic rings. The van der Waals surface area contributed by atoms with Crippen molar-refractivity contribution in [3.63, 3.8) is 0 Å². The van der Waals surface area contributed by atoms with Crippen LogP contribution in [0.4, 0.5) is 5.95 Å². The van der Waals surface area contributed by atoms with Crippen LogP contribution in [0.2, 0.25) is 0 Å². The standard InChI is InChI=1S/C38H51N3O3/c1-22(2)30-26(42)20-38(32(44)41-33-39-21-23-10-8-9-11-25(23)40-33)19-18-36(6)24(31(30)38)12-13-28-35(5)16-15-29(43)34(3,4)27(35)14-17-37(28,36)7/h8-11,21-22,24,27-29,43H,12-20H2,1-7H3,(H,39,40,41,44)/t24?,27?,28?,29-,35-,36+,37+,38+/m0/s1. The Labute approximate surface area is 262 Å². The van der Waals surface area contributed by atoms with Gasteiger partial charge in [0.2, 0.25) is 11.9 Å². The van der Waals surface area contributed by atoms with Crippen LogP contribution in [-0.4, -0.2) is 32.9 Å². The minimum atomic E-state index is -0.836. The zero-order valence-corrected chi connectivity index (χ0v) is 27.8. The molecule has 4 fully saturated rings. The number of Topliss-reactive ketones (excluding diaryl/α,β-unsaturated/α-hetero) is 1. The summed E-state index contributed by atoms with van der Waals surface area (Å²) in [5.41, 5.74) is 2.22. The number of benzene rings is 1. The number of nitrogens with zero attached hydrogens (tertiary/aromatic N) is 2. The van der Waals surface area contributed by atoms with Crippen molar-refractivity contribution in [2.75, 3.05) is 5.32 Å². The Morgan fingerprint density at radius 3 is 2.43 bits per heavy atom. The summed E-state index contributed by atoms with van der Waals surface area (Å²) >= 11 is 0. The van der Waals surface area contributed by atoms with Crippen LogP contribution in [0.1, 0.15) is 106 Å². The number of carbonyl (C=O) groups excluding carboxylic acids is 2. The van der Waals surface area contributed by atoms with E-state index in [0.29, 0.717) is 24.2 Å². The molecule has 2 aromatic rings. The maximum Gasteiger partial charge on any atom is 0.237 e. The van der Waals surface area contributed by atoms with Crippen LogP contribution in [0.25, 0.3) is 10.9 Å². The van der Waals surface area contributed by atoms with Gasteiger partial charge in [-0.05, 0) is 114 Å². The van der Waals surface area contributed by atoms with Gasteiger partial charge in [-0.1, -0.05) is 66.7 Å². The maximum atomic E-state index is 14.5. The van der Waals surface area contributed by atoms with E-state index in [0.717, 1.165) is 67.0 Å². The van der Waals surface area contributed by atoms with E-state index >= 15 is 0 Å². The molecule has 1 aromatic carbocycles. The number of nitrogens with one attached hydrogen (secondary N) is 1. The number of hydrogen-bond donors (Lipinski definition) is 2. The van der Waals surface area contributed by atoms with Gasteiger partial charge in [0.25, 0.3) is 0 Å². The Bertz CT molecular complexity index is 1580. The first-order valence-corrected chi connectivity index (χ1v) is 17.2. The molecule has 0 saturated heterocycles. The van der Waals surface area contributed by atoms with Gasteiger partial charge in [-0.2, -0.15) is 0 Å². The van der Waals surface area contributed by atoms with Crippen molar-refractivity contribution in [1.82, 2.24) is 9.97 Å². The maximum absolute atomic E-state index is 14.5. The van der Waals surface area contributed by atoms with Crippen molar-refractivity contribution in [1.29, 1.82) is 0 Å². The topological polar surface area (TPSA) is 92.2 Å². The fraction of sp³-hybridized carbons (Fsp3) is 0.684. The normalized spacial score (nSPS) is 41.2. The highest BCUT2D eigenvalue weighted by molar-refractivity contribution is 6.09. The van der Waals surface area contributed by atoms with E-state index in [-0.39, 0.29) is 57.7 Å². The minimum absolute atomic E-state index is 0.00652. The van der Waals surface area contributed by atoms with E-state index in [1.807, 2.05) is 24.3 Å². The molecule has 0 spiro atoms. The molecule has 6 heteroatoms. The zero-order chi connectivity index (χ0) is 31.4. The molecule has 0 aliphatic heterocycles. The van der Waals surface area contributed by atoms with Crippen LogP contribution < -0.4 is 5.32 Å². The Morgan fingerprint density at radius 1 is 0.932 bits per heavy atom. The van der Waals surface area contributed by atoms with E-state index in [1.54, 1.807) is 6.20 Å². The first-order valence-electron chi connectivity index (χ1n) is 17.2. The number of carbonyl (C=O) groups is 2. The molecule has 7 rings (SSSR count). The van der Waals surface area contributed by atoms with Crippen molar-refractivity contribution >= 4 is 28.5 Å². The summed E-state index contributed by atoms with van der Waals surface area (Å²) in [6.45, 7) is 16.5. The zero-order valence-electron chi connectivity index (χ0n) is 27.8. The summed E-state index contributed by atoms with van der Waals surface area (Å²) in [6.07, 6.45) is 9.77. The van der Waals surface area contributed by atoms with E-state index < -0.39 is 5.41 Å². The third kappa shape index (κ3) is 3.82. The number of allylic oxidation sites excluding steroid dienone is 1. The Hall–Kier alpha value is -2.60. The van der Waals surface area contributed by atoms with Gasteiger partial charge >= 0.3 is 0 Å². The van der Waals surface area contributed by atoms with Gasteiger partial charge in [-0.15, -0.1) is 0 Å². The van der Waals surface area contributed by atoms with Gasteiger partial charge in [0.15, 0.2) is 5.78 Å². The molecule has 3 unspecified atom stereocenters. The highest BCUT2D eigenvalue weighted by atomic mass is 16.3. The van der Waals surface area contributed by atoms with E-state index in [2.05, 4.69) is 63.8 Å². The summed E-state index contributed by atoms with van der Waals surface area (Å²) in [5.74, 6) is 1.70. The third-order valence-corrected chi connectivity index (χ3v) is 14.6. The summed E-state index contributed by atoms with van der Waals surface area (Å²) in [4.78, 5) is 37.6. The van der Waals surface area contributed by atoms with Gasteiger partial charge < -0.3 is 5.11 Å². The van der Waals surface area contributed by atoms with Crippen LogP contribution in [-0.2, 0) is 9.59 Å².